The van der Waals surface area contributed by atoms with Gasteiger partial charge in [-0.25, -0.2) is 0 Å². The third-order valence-corrected chi connectivity index (χ3v) is 20.5. The molecule has 392 valence electrons. The predicted octanol–water partition coefficient (Wildman–Crippen LogP) is 15.0. The fraction of sp³-hybridized carbons (Fsp3) is 0.108. The van der Waals surface area contributed by atoms with Crippen LogP contribution in [0.2, 0.25) is 0 Å². The van der Waals surface area contributed by atoms with Crippen molar-refractivity contribution in [2.45, 2.75) is 51.4 Å². The minimum Gasteiger partial charge on any atom is -0.458 e. The van der Waals surface area contributed by atoms with Crippen molar-refractivity contribution in [3.8, 4) is 22.9 Å². The van der Waals surface area contributed by atoms with Gasteiger partial charge >= 0.3 is 0 Å². The number of ether oxygens (including phenoxy) is 1. The fourth-order valence-electron chi connectivity index (χ4n) is 16.0. The molecule has 6 nitrogen and oxygen atoms in total. The molecule has 3 aromatic heterocycles. The van der Waals surface area contributed by atoms with E-state index in [-0.39, 0.29) is 13.4 Å². The van der Waals surface area contributed by atoms with Gasteiger partial charge in [0, 0.05) is 90.2 Å². The zero-order valence-corrected chi connectivity index (χ0v) is 46.5. The molecule has 0 atom stereocenters. The van der Waals surface area contributed by atoms with Gasteiger partial charge in [-0.3, -0.25) is 0 Å². The van der Waals surface area contributed by atoms with Gasteiger partial charge in [-0.1, -0.05) is 133 Å². The number of nitrogens with zero attached hydrogens (tertiary/aromatic N) is 5. The summed E-state index contributed by atoms with van der Waals surface area (Å²) in [6, 6.07) is 84.7. The summed E-state index contributed by atoms with van der Waals surface area (Å²) < 4.78 is 14.3. The third kappa shape index (κ3) is 6.46. The quantitative estimate of drug-likeness (QED) is 0.161. The summed E-state index contributed by atoms with van der Waals surface area (Å²) in [4.78, 5) is 7.68. The van der Waals surface area contributed by atoms with E-state index in [1.807, 2.05) is 11.3 Å². The number of benzene rings is 10. The van der Waals surface area contributed by atoms with E-state index in [4.69, 9.17) is 4.74 Å². The molecule has 0 spiro atoms. The highest BCUT2D eigenvalue weighted by molar-refractivity contribution is 7.26. The van der Waals surface area contributed by atoms with Crippen molar-refractivity contribution in [1.29, 1.82) is 0 Å². The van der Waals surface area contributed by atoms with Crippen LogP contribution < -0.4 is 52.2 Å². The van der Waals surface area contributed by atoms with Crippen LogP contribution in [0.25, 0.3) is 43.3 Å². The Hall–Kier alpha value is -9.43. The zero-order chi connectivity index (χ0) is 54.0. The van der Waals surface area contributed by atoms with Gasteiger partial charge in [-0.2, -0.15) is 0 Å². The SMILES string of the molecule is c1ccc(N2c3ccccc3B3c4cc5c(cc4N(c4ccccc4)c4cc(-n6c7c(c8ccccc86)CCCC7)cc2c43)Oc2cc(-n3c4c(c6ccccc63)CCCC4)cc3c2B5c2c(sc4ccccc24)N3c2ccccc2)cc1. The van der Waals surface area contributed by atoms with Crippen LogP contribution in [-0.2, 0) is 25.7 Å². The van der Waals surface area contributed by atoms with Gasteiger partial charge in [-0.15, -0.1) is 11.3 Å². The van der Waals surface area contributed by atoms with Crippen molar-refractivity contribution in [1.82, 2.24) is 9.13 Å². The van der Waals surface area contributed by atoms with Crippen LogP contribution in [0, 0.1) is 0 Å². The highest BCUT2D eigenvalue weighted by atomic mass is 32.1. The first-order valence-corrected chi connectivity index (χ1v) is 30.6. The Labute approximate surface area is 486 Å². The van der Waals surface area contributed by atoms with Crippen molar-refractivity contribution >= 4 is 140 Å². The van der Waals surface area contributed by atoms with Gasteiger partial charge in [0.15, 0.2) is 0 Å². The molecule has 7 heterocycles. The van der Waals surface area contributed by atoms with Crippen LogP contribution in [0.4, 0.5) is 50.5 Å². The normalized spacial score (nSPS) is 15.1. The van der Waals surface area contributed by atoms with E-state index in [9.17, 15) is 0 Å². The lowest BCUT2D eigenvalue weighted by Crippen LogP contribution is -2.64. The second-order valence-electron chi connectivity index (χ2n) is 23.5. The zero-order valence-electron chi connectivity index (χ0n) is 45.7. The summed E-state index contributed by atoms with van der Waals surface area (Å²) in [7, 11) is 0. The molecule has 0 radical (unpaired) electrons. The van der Waals surface area contributed by atoms with Gasteiger partial charge in [-0.05, 0) is 180 Å². The lowest BCUT2D eigenvalue weighted by molar-refractivity contribution is 0.487. The van der Waals surface area contributed by atoms with Gasteiger partial charge in [0.1, 0.15) is 11.5 Å². The molecule has 9 heteroatoms. The topological polar surface area (TPSA) is 28.8 Å². The number of para-hydroxylation sites is 6. The van der Waals surface area contributed by atoms with Crippen molar-refractivity contribution in [3.05, 3.63) is 247 Å². The summed E-state index contributed by atoms with van der Waals surface area (Å²) in [5, 5.41) is 5.29. The van der Waals surface area contributed by atoms with Crippen LogP contribution in [0.15, 0.2) is 224 Å². The number of hydrogen-bond acceptors (Lipinski definition) is 5. The Bertz CT molecular complexity index is 4890. The number of rotatable bonds is 5. The van der Waals surface area contributed by atoms with Crippen LogP contribution in [-0.4, -0.2) is 22.6 Å². The summed E-state index contributed by atoms with van der Waals surface area (Å²) in [6.45, 7) is -0.217. The Kier molecular flexibility index (Phi) is 9.77. The van der Waals surface area contributed by atoms with Crippen LogP contribution in [0.3, 0.4) is 0 Å². The van der Waals surface area contributed by atoms with Crippen LogP contribution in [0.5, 0.6) is 11.5 Å². The van der Waals surface area contributed by atoms with Crippen LogP contribution in [0.1, 0.15) is 48.2 Å². The molecule has 0 unspecified atom stereocenters. The van der Waals surface area contributed by atoms with E-state index < -0.39 is 0 Å². The number of hydrogen-bond donors (Lipinski definition) is 0. The molecule has 2 aliphatic carbocycles. The summed E-state index contributed by atoms with van der Waals surface area (Å²) in [5.41, 5.74) is 27.7. The minimum absolute atomic E-state index is 0.0969. The first-order valence-electron chi connectivity index (χ1n) is 29.8. The number of anilines is 9. The molecule has 0 amide bonds. The second-order valence-corrected chi connectivity index (χ2v) is 24.6. The van der Waals surface area contributed by atoms with E-state index in [0.717, 1.165) is 65.6 Å². The molecule has 83 heavy (non-hydrogen) atoms. The molecule has 13 aromatic rings. The molecule has 4 aliphatic heterocycles. The Morgan fingerprint density at radius 2 is 0.843 bits per heavy atom. The average Bonchev–Trinajstić information content (AvgIpc) is 2.34. The van der Waals surface area contributed by atoms with Crippen molar-refractivity contribution in [3.63, 3.8) is 0 Å². The minimum atomic E-state index is -0.120. The van der Waals surface area contributed by atoms with Crippen molar-refractivity contribution in [2.75, 3.05) is 14.7 Å². The number of aryl methyl sites for hydroxylation is 2. The molecule has 0 N–H and O–H groups in total. The average molecular weight is 1080 g/mol. The van der Waals surface area contributed by atoms with E-state index in [0.29, 0.717) is 0 Å². The monoisotopic (exact) mass is 1080 g/mol. The number of fused-ring (bicyclic) bond motifs is 16. The smallest absolute Gasteiger partial charge is 0.258 e. The Morgan fingerprint density at radius 1 is 0.337 bits per heavy atom. The van der Waals surface area contributed by atoms with Gasteiger partial charge < -0.3 is 28.6 Å². The van der Waals surface area contributed by atoms with Gasteiger partial charge in [0.25, 0.3) is 13.4 Å². The van der Waals surface area contributed by atoms with E-state index in [1.54, 1.807) is 0 Å². The highest BCUT2D eigenvalue weighted by Crippen LogP contribution is 2.51. The fourth-order valence-corrected chi connectivity index (χ4v) is 17.3. The third-order valence-electron chi connectivity index (χ3n) is 19.3. The predicted molar refractivity (Wildman–Crippen MR) is 349 cm³/mol. The van der Waals surface area contributed by atoms with Crippen LogP contribution >= 0.6 is 11.3 Å². The van der Waals surface area contributed by atoms with Crippen molar-refractivity contribution < 1.29 is 4.74 Å². The second kappa shape index (κ2) is 17.5. The van der Waals surface area contributed by atoms with Gasteiger partial charge in [0.2, 0.25) is 0 Å². The van der Waals surface area contributed by atoms with Crippen molar-refractivity contribution in [2.24, 2.45) is 0 Å². The number of thiophene rings is 1. The molecule has 10 aromatic carbocycles. The maximum Gasteiger partial charge on any atom is 0.258 e. The molecule has 0 fully saturated rings. The van der Waals surface area contributed by atoms with Gasteiger partial charge in [0.05, 0.1) is 21.7 Å². The maximum atomic E-state index is 7.81. The molecular weight excluding hydrogens is 1030 g/mol. The molecular formula is C74H53B2N5OS. The lowest BCUT2D eigenvalue weighted by Gasteiger charge is -2.45. The molecule has 0 bridgehead atoms. The highest BCUT2D eigenvalue weighted by Gasteiger charge is 2.49. The molecule has 6 aliphatic rings. The summed E-state index contributed by atoms with van der Waals surface area (Å²) >= 11 is 1.91. The lowest BCUT2D eigenvalue weighted by atomic mass is 9.30. The standard InChI is InChI=1S/C74H53B2N5OS/c1-4-22-46(23-5-1)77-63-38-20-15-33-56(63)75-57-44-58-68(45-64(57)78(47-24-6-2-7-25-47)66-41-49(40-65(77)72(66)75)79-59-34-16-10-28-51(59)52-29-11-17-35-60(52)79)82-69-43-50(80-61-36-18-12-30-53(61)54-31-13-19-37-62(54)80)42-67-73(69)76(58)71-55-32-14-21-39-70(55)83-74(71)81(67)48-26-8-3-9-27-48/h1-10,12,14-16,18,20-28,30,32-34,36,38-45H,11,13,17,19,29,31,35,37H2. The molecule has 0 saturated carbocycles. The van der Waals surface area contributed by atoms with E-state index >= 15 is 0 Å². The first-order chi connectivity index (χ1) is 41.2. The van der Waals surface area contributed by atoms with E-state index in [2.05, 4.69) is 248 Å². The Morgan fingerprint density at radius 3 is 1.48 bits per heavy atom. The molecule has 19 rings (SSSR count). The summed E-state index contributed by atoms with van der Waals surface area (Å²) in [5.74, 6) is 1.82. The first kappa shape index (κ1) is 46.2. The van der Waals surface area contributed by atoms with E-state index in [1.165, 1.54) is 146 Å². The largest absolute Gasteiger partial charge is 0.458 e. The Balaban J connectivity index is 0.914. The number of aromatic nitrogens is 2. The summed E-state index contributed by atoms with van der Waals surface area (Å²) in [6.07, 6.45) is 9.11. The molecule has 0 saturated heterocycles. The maximum absolute atomic E-state index is 7.81.